The van der Waals surface area contributed by atoms with Crippen molar-refractivity contribution < 1.29 is 32.2 Å². The number of ether oxygens (including phenoxy) is 1. The van der Waals surface area contributed by atoms with Crippen LogP contribution in [0.2, 0.25) is 0 Å². The Bertz CT molecular complexity index is 1520. The van der Waals surface area contributed by atoms with Crippen molar-refractivity contribution in [1.29, 1.82) is 0 Å². The van der Waals surface area contributed by atoms with Gasteiger partial charge in [-0.15, -0.1) is 0 Å². The normalized spacial score (nSPS) is 16.1. The minimum atomic E-state index is -4.59. The number of halogens is 4. The van der Waals surface area contributed by atoms with Gasteiger partial charge in [0.05, 0.1) is 12.0 Å². The predicted molar refractivity (Wildman–Crippen MR) is 147 cm³/mol. The maximum absolute atomic E-state index is 15.0. The fourth-order valence-corrected chi connectivity index (χ4v) is 5.40. The first-order chi connectivity index (χ1) is 18.9. The summed E-state index contributed by atoms with van der Waals surface area (Å²) < 4.78 is 61.5. The molecule has 0 amide bonds. The molecule has 0 spiro atoms. The molecule has 3 aromatic rings. The fourth-order valence-electron chi connectivity index (χ4n) is 5.40. The number of carbonyl (C=O) groups is 1. The summed E-state index contributed by atoms with van der Waals surface area (Å²) in [6.45, 7) is 4.34. The fraction of sp³-hybridized carbons (Fsp3) is 0.303. The lowest BCUT2D eigenvalue weighted by atomic mass is 9.79. The molecule has 0 atom stereocenters. The minimum absolute atomic E-state index is 0.0411. The van der Waals surface area contributed by atoms with Crippen LogP contribution in [-0.2, 0) is 17.6 Å². The quantitative estimate of drug-likeness (QED) is 0.284. The summed E-state index contributed by atoms with van der Waals surface area (Å²) in [5.74, 6) is -1.01. The number of carboxylic acid groups (broad SMARTS) is 1. The van der Waals surface area contributed by atoms with Gasteiger partial charge >= 0.3 is 12.1 Å². The molecule has 0 heterocycles. The SMILES string of the molecule is CC1(C)CCC=C1c1cc(COc2cccc(C(CC(=O)O)=C3CC3)c2)ccc1-c1cc(C(F)(F)F)ccc1F. The molecule has 0 saturated heterocycles. The van der Waals surface area contributed by atoms with Gasteiger partial charge in [-0.3, -0.25) is 4.79 Å². The third kappa shape index (κ3) is 5.98. The molecular weight excluding hydrogens is 520 g/mol. The summed E-state index contributed by atoms with van der Waals surface area (Å²) in [5.41, 5.74) is 4.43. The van der Waals surface area contributed by atoms with E-state index in [2.05, 4.69) is 19.9 Å². The van der Waals surface area contributed by atoms with Crippen molar-refractivity contribution in [3.63, 3.8) is 0 Å². The summed E-state index contributed by atoms with van der Waals surface area (Å²) in [5, 5.41) is 9.32. The Kier molecular flexibility index (Phi) is 7.34. The molecule has 0 aliphatic heterocycles. The molecule has 2 aliphatic rings. The van der Waals surface area contributed by atoms with E-state index >= 15 is 0 Å². The average molecular weight is 551 g/mol. The lowest BCUT2D eigenvalue weighted by molar-refractivity contribution is -0.138. The van der Waals surface area contributed by atoms with E-state index in [9.17, 15) is 27.5 Å². The van der Waals surface area contributed by atoms with Gasteiger partial charge in [0.1, 0.15) is 18.2 Å². The van der Waals surface area contributed by atoms with E-state index in [0.29, 0.717) is 16.9 Å². The molecule has 1 saturated carbocycles. The summed E-state index contributed by atoms with van der Waals surface area (Å²) in [6, 6.07) is 15.1. The molecule has 3 nitrogen and oxygen atoms in total. The van der Waals surface area contributed by atoms with E-state index in [1.54, 1.807) is 18.2 Å². The van der Waals surface area contributed by atoms with Crippen molar-refractivity contribution in [2.24, 2.45) is 5.41 Å². The molecule has 7 heteroatoms. The van der Waals surface area contributed by atoms with Gasteiger partial charge in [-0.05, 0) is 101 Å². The van der Waals surface area contributed by atoms with Crippen molar-refractivity contribution >= 4 is 17.1 Å². The van der Waals surface area contributed by atoms with Crippen LogP contribution in [0, 0.1) is 11.2 Å². The Morgan fingerprint density at radius 1 is 0.975 bits per heavy atom. The summed E-state index contributed by atoms with van der Waals surface area (Å²) in [4.78, 5) is 11.4. The molecule has 1 fully saturated rings. The number of carboxylic acids is 1. The molecule has 40 heavy (non-hydrogen) atoms. The zero-order valence-corrected chi connectivity index (χ0v) is 22.4. The molecule has 5 rings (SSSR count). The topological polar surface area (TPSA) is 46.5 Å². The van der Waals surface area contributed by atoms with Gasteiger partial charge < -0.3 is 9.84 Å². The maximum Gasteiger partial charge on any atom is 0.416 e. The smallest absolute Gasteiger partial charge is 0.416 e. The largest absolute Gasteiger partial charge is 0.489 e. The molecule has 0 unspecified atom stereocenters. The van der Waals surface area contributed by atoms with E-state index in [1.165, 1.54) is 0 Å². The first-order valence-corrected chi connectivity index (χ1v) is 13.3. The maximum atomic E-state index is 15.0. The minimum Gasteiger partial charge on any atom is -0.489 e. The van der Waals surface area contributed by atoms with Crippen LogP contribution in [0.15, 0.2) is 72.3 Å². The van der Waals surface area contributed by atoms with Gasteiger partial charge in [-0.1, -0.05) is 49.8 Å². The van der Waals surface area contributed by atoms with Crippen LogP contribution < -0.4 is 4.74 Å². The van der Waals surface area contributed by atoms with Crippen LogP contribution in [0.4, 0.5) is 17.6 Å². The third-order valence-electron chi connectivity index (χ3n) is 7.65. The highest BCUT2D eigenvalue weighted by Gasteiger charge is 2.33. The van der Waals surface area contributed by atoms with Crippen molar-refractivity contribution in [2.45, 2.75) is 58.7 Å². The van der Waals surface area contributed by atoms with E-state index in [-0.39, 0.29) is 24.0 Å². The lowest BCUT2D eigenvalue weighted by Gasteiger charge is -2.26. The molecule has 1 N–H and O–H groups in total. The van der Waals surface area contributed by atoms with Gasteiger partial charge in [0.25, 0.3) is 0 Å². The molecule has 0 radical (unpaired) electrons. The first-order valence-electron chi connectivity index (χ1n) is 13.3. The van der Waals surface area contributed by atoms with Gasteiger partial charge in [0.15, 0.2) is 0 Å². The highest BCUT2D eigenvalue weighted by molar-refractivity contribution is 5.87. The molecule has 0 aromatic heterocycles. The second-order valence-electron chi connectivity index (χ2n) is 11.1. The molecule has 3 aromatic carbocycles. The standard InChI is InChI=1S/C33H30F4O3/c1-32(2)14-4-7-29(32)27-15-20(8-12-25(27)28-17-23(33(35,36)37)11-13-30(28)34)19-40-24-6-3-5-22(16-24)26(18-31(38)39)21-9-10-21/h3,5-8,11-13,15-17H,4,9-10,14,18-19H2,1-2H3,(H,38,39). The number of allylic oxidation sites excluding steroid dienone is 3. The number of benzene rings is 3. The molecule has 208 valence electrons. The highest BCUT2D eigenvalue weighted by Crippen LogP contribution is 2.48. The van der Waals surface area contributed by atoms with Crippen LogP contribution in [0.5, 0.6) is 5.75 Å². The van der Waals surface area contributed by atoms with E-state index in [1.807, 2.05) is 24.3 Å². The van der Waals surface area contributed by atoms with Crippen molar-refractivity contribution in [3.8, 4) is 16.9 Å². The zero-order chi connectivity index (χ0) is 28.7. The van der Waals surface area contributed by atoms with Gasteiger partial charge in [0.2, 0.25) is 0 Å². The van der Waals surface area contributed by atoms with Crippen molar-refractivity contribution in [2.75, 3.05) is 0 Å². The van der Waals surface area contributed by atoms with Crippen LogP contribution >= 0.6 is 0 Å². The predicted octanol–water partition coefficient (Wildman–Crippen LogP) is 9.32. The van der Waals surface area contributed by atoms with Crippen LogP contribution in [-0.4, -0.2) is 11.1 Å². The van der Waals surface area contributed by atoms with Gasteiger partial charge in [-0.25, -0.2) is 4.39 Å². The van der Waals surface area contributed by atoms with E-state index < -0.39 is 23.5 Å². The lowest BCUT2D eigenvalue weighted by Crippen LogP contribution is -2.11. The Balaban J connectivity index is 1.48. The Morgan fingerprint density at radius 3 is 2.40 bits per heavy atom. The number of rotatable bonds is 8. The Hall–Kier alpha value is -3.87. The summed E-state index contributed by atoms with van der Waals surface area (Å²) in [7, 11) is 0. The summed E-state index contributed by atoms with van der Waals surface area (Å²) >= 11 is 0. The van der Waals surface area contributed by atoms with Crippen LogP contribution in [0.25, 0.3) is 22.3 Å². The molecular formula is C33H30F4O3. The van der Waals surface area contributed by atoms with Crippen LogP contribution in [0.1, 0.15) is 68.2 Å². The van der Waals surface area contributed by atoms with Gasteiger partial charge in [0, 0.05) is 5.56 Å². The zero-order valence-electron chi connectivity index (χ0n) is 22.4. The van der Waals surface area contributed by atoms with Crippen molar-refractivity contribution in [3.05, 3.63) is 100 Å². The van der Waals surface area contributed by atoms with Crippen LogP contribution in [0.3, 0.4) is 0 Å². The van der Waals surface area contributed by atoms with Crippen molar-refractivity contribution in [1.82, 2.24) is 0 Å². The van der Waals surface area contributed by atoms with Gasteiger partial charge in [-0.2, -0.15) is 13.2 Å². The average Bonchev–Trinajstić information content (AvgIpc) is 3.67. The second kappa shape index (κ2) is 10.6. The van der Waals surface area contributed by atoms with E-state index in [4.69, 9.17) is 4.74 Å². The summed E-state index contributed by atoms with van der Waals surface area (Å²) in [6.07, 6.45) is 0.969. The molecule has 2 aliphatic carbocycles. The molecule has 0 bridgehead atoms. The highest BCUT2D eigenvalue weighted by atomic mass is 19.4. The number of hydrogen-bond donors (Lipinski definition) is 1. The number of aliphatic carboxylic acids is 1. The number of hydrogen-bond acceptors (Lipinski definition) is 2. The second-order valence-corrected chi connectivity index (χ2v) is 11.1. The number of alkyl halides is 3. The Morgan fingerprint density at radius 2 is 1.75 bits per heavy atom. The Labute approximate surface area is 230 Å². The first kappa shape index (κ1) is 27.7. The van der Waals surface area contributed by atoms with E-state index in [0.717, 1.165) is 71.7 Å². The monoisotopic (exact) mass is 550 g/mol. The third-order valence-corrected chi connectivity index (χ3v) is 7.65.